The number of rotatable bonds is 5. The quantitative estimate of drug-likeness (QED) is 0.338. The van der Waals surface area contributed by atoms with Crippen LogP contribution in [-0.4, -0.2) is 12.8 Å². The molecule has 0 bridgehead atoms. The maximum atomic E-state index is 10.9. The van der Waals surface area contributed by atoms with Crippen LogP contribution in [0.3, 0.4) is 0 Å². The topological polar surface area (TPSA) is 65.8 Å². The monoisotopic (exact) mass is 245 g/mol. The van der Waals surface area contributed by atoms with E-state index in [2.05, 4.69) is 42.9 Å². The molecule has 4 nitrogen and oxygen atoms in total. The molecule has 0 fully saturated rings. The molecule has 0 aliphatic rings. The van der Waals surface area contributed by atoms with Crippen molar-refractivity contribution >= 4 is 6.29 Å². The summed E-state index contributed by atoms with van der Waals surface area (Å²) >= 11 is 0. The second kappa shape index (κ2) is 6.22. The number of hydrogen-bond donors (Lipinski definition) is 0. The van der Waals surface area contributed by atoms with Crippen molar-refractivity contribution in [3.8, 4) is 0 Å². The Morgan fingerprint density at radius 3 is 2.39 bits per heavy atom. The Bertz CT molecular complexity index is 439. The van der Waals surface area contributed by atoms with Crippen LogP contribution in [-0.2, 0) is 16.6 Å². The van der Waals surface area contributed by atoms with Crippen molar-refractivity contribution in [3.05, 3.63) is 45.8 Å². The van der Waals surface area contributed by atoms with Crippen LogP contribution in [0.5, 0.6) is 0 Å². The van der Waals surface area contributed by atoms with E-state index in [1.807, 2.05) is 12.1 Å². The molecule has 0 aliphatic heterocycles. The van der Waals surface area contributed by atoms with Crippen LogP contribution in [0, 0.1) is 5.92 Å². The molecular weight excluding hydrogens is 226 g/mol. The van der Waals surface area contributed by atoms with Crippen LogP contribution in [0.4, 0.5) is 0 Å². The lowest BCUT2D eigenvalue weighted by Crippen LogP contribution is -2.12. The van der Waals surface area contributed by atoms with E-state index < -0.39 is 0 Å². The Balaban J connectivity index is 2.73. The summed E-state index contributed by atoms with van der Waals surface area (Å²) in [5.41, 5.74) is 10.7. The van der Waals surface area contributed by atoms with Gasteiger partial charge >= 0.3 is 0 Å². The van der Waals surface area contributed by atoms with Crippen LogP contribution in [0.15, 0.2) is 29.4 Å². The van der Waals surface area contributed by atoms with Gasteiger partial charge in [-0.15, -0.1) is 0 Å². The average molecular weight is 245 g/mol. The lowest BCUT2D eigenvalue weighted by atomic mass is 9.86. The molecule has 0 aromatic heterocycles. The summed E-state index contributed by atoms with van der Waals surface area (Å²) in [6, 6.07) is 8.25. The van der Waals surface area contributed by atoms with Crippen molar-refractivity contribution in [2.45, 2.75) is 32.6 Å². The highest BCUT2D eigenvalue weighted by molar-refractivity contribution is 5.54. The van der Waals surface area contributed by atoms with Gasteiger partial charge in [0.2, 0.25) is 0 Å². The van der Waals surface area contributed by atoms with Gasteiger partial charge in [-0.2, -0.15) is 0 Å². The molecule has 0 unspecified atom stereocenters. The van der Waals surface area contributed by atoms with Crippen molar-refractivity contribution < 1.29 is 4.79 Å². The number of hydrogen-bond acceptors (Lipinski definition) is 2. The summed E-state index contributed by atoms with van der Waals surface area (Å²) in [6.45, 7) is 6.72. The Morgan fingerprint density at radius 1 is 1.33 bits per heavy atom. The van der Waals surface area contributed by atoms with Crippen LogP contribution in [0.2, 0.25) is 0 Å². The van der Waals surface area contributed by atoms with Crippen LogP contribution < -0.4 is 0 Å². The molecule has 1 atom stereocenters. The molecule has 0 aliphatic carbocycles. The SMILES string of the molecule is CC(C)(C)c1ccc(C[C@H](C=O)CN=[N+]=[N-])cc1. The lowest BCUT2D eigenvalue weighted by Gasteiger charge is -2.19. The second-order valence-electron chi connectivity index (χ2n) is 5.46. The minimum absolute atomic E-state index is 0.133. The van der Waals surface area contributed by atoms with Crippen LogP contribution in [0.25, 0.3) is 10.4 Å². The molecule has 0 amide bonds. The minimum Gasteiger partial charge on any atom is -0.303 e. The summed E-state index contributed by atoms with van der Waals surface area (Å²) in [6.07, 6.45) is 1.47. The fourth-order valence-corrected chi connectivity index (χ4v) is 1.74. The van der Waals surface area contributed by atoms with E-state index in [0.717, 1.165) is 11.8 Å². The molecule has 1 aromatic carbocycles. The number of azide groups is 1. The number of nitrogens with zero attached hydrogens (tertiary/aromatic N) is 3. The molecule has 4 heteroatoms. The van der Waals surface area contributed by atoms with Gasteiger partial charge in [0.1, 0.15) is 6.29 Å². The van der Waals surface area contributed by atoms with Gasteiger partial charge in [0, 0.05) is 17.4 Å². The largest absolute Gasteiger partial charge is 0.303 e. The second-order valence-corrected chi connectivity index (χ2v) is 5.46. The Morgan fingerprint density at radius 2 is 1.94 bits per heavy atom. The molecular formula is C14H19N3O. The first-order chi connectivity index (χ1) is 8.47. The first-order valence-corrected chi connectivity index (χ1v) is 6.03. The molecule has 0 heterocycles. The molecule has 1 aromatic rings. The summed E-state index contributed by atoms with van der Waals surface area (Å²) in [5.74, 6) is -0.235. The van der Waals surface area contributed by atoms with E-state index in [0.29, 0.717) is 6.42 Å². The van der Waals surface area contributed by atoms with Crippen molar-refractivity contribution in [1.82, 2.24) is 0 Å². The standard InChI is InChI=1S/C14H19N3O/c1-14(2,3)13-6-4-11(5-7-13)8-12(10-18)9-16-17-15/h4-7,10,12H,8-9H2,1-3H3/t12-/m0/s1. The molecule has 0 radical (unpaired) electrons. The normalized spacial score (nSPS) is 12.6. The first kappa shape index (κ1) is 14.3. The fraction of sp³-hybridized carbons (Fsp3) is 0.500. The Kier molecular flexibility index (Phi) is 4.93. The van der Waals surface area contributed by atoms with Gasteiger partial charge in [0.15, 0.2) is 0 Å². The predicted molar refractivity (Wildman–Crippen MR) is 72.4 cm³/mol. The first-order valence-electron chi connectivity index (χ1n) is 6.03. The third-order valence-electron chi connectivity index (χ3n) is 2.89. The average Bonchev–Trinajstić information content (AvgIpc) is 2.34. The zero-order chi connectivity index (χ0) is 13.6. The van der Waals surface area contributed by atoms with Crippen molar-refractivity contribution in [2.24, 2.45) is 11.0 Å². The molecule has 0 saturated heterocycles. The molecule has 0 N–H and O–H groups in total. The summed E-state index contributed by atoms with van der Waals surface area (Å²) in [5, 5.41) is 3.45. The number of carbonyl (C=O) groups excluding carboxylic acids is 1. The number of aldehydes is 1. The third kappa shape index (κ3) is 4.22. The van der Waals surface area contributed by atoms with Crippen molar-refractivity contribution in [3.63, 3.8) is 0 Å². The zero-order valence-electron chi connectivity index (χ0n) is 11.1. The van der Waals surface area contributed by atoms with E-state index in [9.17, 15) is 4.79 Å². The van der Waals surface area contributed by atoms with Gasteiger partial charge in [-0.1, -0.05) is 50.2 Å². The smallest absolute Gasteiger partial charge is 0.123 e. The van der Waals surface area contributed by atoms with E-state index in [4.69, 9.17) is 5.53 Å². The summed E-state index contributed by atoms with van der Waals surface area (Å²) in [7, 11) is 0. The molecule has 18 heavy (non-hydrogen) atoms. The zero-order valence-corrected chi connectivity index (χ0v) is 11.1. The van der Waals surface area contributed by atoms with Gasteiger partial charge in [-0.05, 0) is 28.5 Å². The molecule has 0 saturated carbocycles. The van der Waals surface area contributed by atoms with Gasteiger partial charge < -0.3 is 4.79 Å². The molecule has 1 rings (SSSR count). The van der Waals surface area contributed by atoms with Crippen LogP contribution in [0.1, 0.15) is 31.9 Å². The maximum absolute atomic E-state index is 10.9. The highest BCUT2D eigenvalue weighted by Gasteiger charge is 2.13. The third-order valence-corrected chi connectivity index (χ3v) is 2.89. The highest BCUT2D eigenvalue weighted by Crippen LogP contribution is 2.22. The van der Waals surface area contributed by atoms with E-state index in [1.54, 1.807) is 0 Å². The number of benzene rings is 1. The Labute approximate surface area is 108 Å². The van der Waals surface area contributed by atoms with Crippen molar-refractivity contribution in [2.75, 3.05) is 6.54 Å². The summed E-state index contributed by atoms with van der Waals surface area (Å²) in [4.78, 5) is 13.5. The van der Waals surface area contributed by atoms with E-state index >= 15 is 0 Å². The minimum atomic E-state index is -0.235. The van der Waals surface area contributed by atoms with Gasteiger partial charge in [-0.25, -0.2) is 0 Å². The van der Waals surface area contributed by atoms with Gasteiger partial charge in [0.05, 0.1) is 0 Å². The predicted octanol–water partition coefficient (Wildman–Crippen LogP) is 3.65. The maximum Gasteiger partial charge on any atom is 0.123 e. The van der Waals surface area contributed by atoms with Crippen LogP contribution >= 0.6 is 0 Å². The molecule has 0 spiro atoms. The van der Waals surface area contributed by atoms with Gasteiger partial charge in [0.25, 0.3) is 0 Å². The number of carbonyl (C=O) groups is 1. The summed E-state index contributed by atoms with van der Waals surface area (Å²) < 4.78 is 0. The van der Waals surface area contributed by atoms with E-state index in [1.165, 1.54) is 5.56 Å². The Hall–Kier alpha value is -1.80. The highest BCUT2D eigenvalue weighted by atomic mass is 16.1. The fourth-order valence-electron chi connectivity index (χ4n) is 1.74. The van der Waals surface area contributed by atoms with E-state index in [-0.39, 0.29) is 17.9 Å². The lowest BCUT2D eigenvalue weighted by molar-refractivity contribution is -0.110. The van der Waals surface area contributed by atoms with Crippen molar-refractivity contribution in [1.29, 1.82) is 0 Å². The van der Waals surface area contributed by atoms with Gasteiger partial charge in [-0.3, -0.25) is 0 Å². The molecule has 96 valence electrons.